The molecule has 0 heterocycles. The molecule has 0 aliphatic heterocycles. The van der Waals surface area contributed by atoms with E-state index in [0.29, 0.717) is 11.1 Å². The quantitative estimate of drug-likeness (QED) is 0.668. The molecule has 0 spiro atoms. The number of methoxy groups -OCH3 is 2. The lowest BCUT2D eigenvalue weighted by atomic mass is 10.0. The lowest BCUT2D eigenvalue weighted by molar-refractivity contribution is 0.0976. The largest absolute Gasteiger partial charge is 0.493 e. The Kier molecular flexibility index (Phi) is 3.18. The van der Waals surface area contributed by atoms with Crippen molar-refractivity contribution in [3.8, 4) is 17.2 Å². The van der Waals surface area contributed by atoms with Crippen LogP contribution >= 0.6 is 0 Å². The van der Waals surface area contributed by atoms with E-state index in [1.165, 1.54) is 0 Å². The van der Waals surface area contributed by atoms with Crippen molar-refractivity contribution in [1.82, 2.24) is 0 Å². The van der Waals surface area contributed by atoms with Crippen molar-refractivity contribution in [2.24, 2.45) is 0 Å². The van der Waals surface area contributed by atoms with E-state index >= 15 is 0 Å². The molecule has 1 N–H and O–H groups in total. The van der Waals surface area contributed by atoms with E-state index in [0.717, 1.165) is 0 Å². The Morgan fingerprint density at radius 1 is 1.04 bits per heavy atom. The molecule has 2 aromatic rings. The van der Waals surface area contributed by atoms with Crippen molar-refractivity contribution in [2.45, 2.75) is 45.6 Å². The molecule has 26 heavy (non-hydrogen) atoms. The fraction of sp³-hybridized carbons (Fsp3) is 0.455. The van der Waals surface area contributed by atoms with Gasteiger partial charge in [0.05, 0.1) is 36.6 Å². The van der Waals surface area contributed by atoms with Gasteiger partial charge in [0.2, 0.25) is 0 Å². The molecule has 0 aliphatic rings. The minimum absolute atomic E-state index is 0.0369. The van der Waals surface area contributed by atoms with Crippen molar-refractivity contribution in [1.29, 1.82) is 0 Å². The van der Waals surface area contributed by atoms with Gasteiger partial charge in [0.15, 0.2) is 11.5 Å². The van der Waals surface area contributed by atoms with Crippen LogP contribution in [0.15, 0.2) is 36.3 Å². The van der Waals surface area contributed by atoms with Crippen molar-refractivity contribution in [2.75, 3.05) is 20.7 Å². The molecule has 0 aliphatic carbocycles. The SMILES string of the molecule is [2H]c1c([2H])c(OCC(O)CCCC([2H])([2H])c2c([2H])c([2H])c(OC([2H])([2H])[2H])c(OC([2H])([2H])[2H])c2[2H])c([2H])c(C)c1C. The third-order valence-electron chi connectivity index (χ3n) is 3.61. The summed E-state index contributed by atoms with van der Waals surface area (Å²) in [5, 5.41) is 10.3. The van der Waals surface area contributed by atoms with Gasteiger partial charge in [-0.05, 0) is 73.9 Å². The Balaban J connectivity index is 2.25. The van der Waals surface area contributed by atoms with Gasteiger partial charge in [0.25, 0.3) is 0 Å². The van der Waals surface area contributed by atoms with Crippen LogP contribution in [0.1, 0.15) is 55.1 Å². The summed E-state index contributed by atoms with van der Waals surface area (Å²) in [6, 6.07) is -3.30. The summed E-state index contributed by atoms with van der Waals surface area (Å²) in [6.07, 6.45) is -4.17. The van der Waals surface area contributed by atoms with Crippen LogP contribution in [0.25, 0.3) is 0 Å². The summed E-state index contributed by atoms with van der Waals surface area (Å²) in [6.45, 7) is 2.87. The molecule has 2 aromatic carbocycles. The average Bonchev–Trinajstić information content (AvgIpc) is 2.80. The van der Waals surface area contributed by atoms with Crippen LogP contribution in [-0.4, -0.2) is 31.9 Å². The van der Waals surface area contributed by atoms with Gasteiger partial charge in [0, 0.05) is 2.74 Å². The Labute approximate surface area is 176 Å². The first-order valence-electron chi connectivity index (χ1n) is 15.0. The number of hydrogen-bond acceptors (Lipinski definition) is 4. The average molecular weight is 373 g/mol. The third kappa shape index (κ3) is 5.95. The fourth-order valence-corrected chi connectivity index (χ4v) is 2.04. The van der Waals surface area contributed by atoms with Gasteiger partial charge in [-0.2, -0.15) is 0 Å². The van der Waals surface area contributed by atoms with Gasteiger partial charge in [0.1, 0.15) is 12.4 Å². The second-order valence-electron chi connectivity index (χ2n) is 5.60. The topological polar surface area (TPSA) is 47.9 Å². The molecule has 0 saturated carbocycles. The van der Waals surface area contributed by atoms with E-state index in [4.69, 9.17) is 28.7 Å². The standard InChI is InChI=1S/C22H30O4/c1-16-9-11-20(13-17(16)2)26-15-19(23)8-6-5-7-18-10-12-21(24-3)22(14-18)25-4/h9-14,19,23H,5-8,15H2,1-4H3/i3D3,4D3,7D2,9D,10D,11D,12D,13D,14D. The van der Waals surface area contributed by atoms with Crippen LogP contribution in [0.5, 0.6) is 17.2 Å². The van der Waals surface area contributed by atoms with Crippen LogP contribution in [0, 0.1) is 13.8 Å². The maximum absolute atomic E-state index is 10.3. The van der Waals surface area contributed by atoms with Crippen LogP contribution < -0.4 is 14.2 Å². The highest BCUT2D eigenvalue weighted by molar-refractivity contribution is 5.42. The summed E-state index contributed by atoms with van der Waals surface area (Å²) in [5.41, 5.74) is 0.215. The summed E-state index contributed by atoms with van der Waals surface area (Å²) in [4.78, 5) is 0. The molecule has 4 heteroatoms. The first-order valence-corrected chi connectivity index (χ1v) is 7.99. The third-order valence-corrected chi connectivity index (χ3v) is 3.61. The maximum atomic E-state index is 10.3. The second-order valence-corrected chi connectivity index (χ2v) is 5.60. The van der Waals surface area contributed by atoms with Crippen LogP contribution in [0.3, 0.4) is 0 Å². The first-order chi connectivity index (χ1) is 18.1. The van der Waals surface area contributed by atoms with Gasteiger partial charge in [-0.25, -0.2) is 0 Å². The molecule has 0 radical (unpaired) electrons. The summed E-state index contributed by atoms with van der Waals surface area (Å²) < 4.78 is 124. The van der Waals surface area contributed by atoms with Gasteiger partial charge >= 0.3 is 0 Å². The first kappa shape index (κ1) is 8.22. The number of benzene rings is 2. The van der Waals surface area contributed by atoms with Crippen molar-refractivity contribution >= 4 is 0 Å². The molecule has 0 aromatic heterocycles. The Morgan fingerprint density at radius 3 is 2.65 bits per heavy atom. The summed E-state index contributed by atoms with van der Waals surface area (Å²) in [5.74, 6) is -2.17. The van der Waals surface area contributed by atoms with Crippen molar-refractivity contribution in [3.05, 3.63) is 52.9 Å². The highest BCUT2D eigenvalue weighted by Crippen LogP contribution is 2.28. The zero-order valence-electron chi connectivity index (χ0n) is 28.6. The van der Waals surface area contributed by atoms with E-state index in [1.807, 2.05) is 0 Å². The highest BCUT2D eigenvalue weighted by Gasteiger charge is 2.07. The van der Waals surface area contributed by atoms with Crippen LogP contribution in [-0.2, 0) is 6.37 Å². The number of rotatable bonds is 10. The number of aliphatic hydroxyl groups excluding tert-OH is 1. The Morgan fingerprint density at radius 2 is 1.85 bits per heavy atom. The Hall–Kier alpha value is -2.20. The summed E-state index contributed by atoms with van der Waals surface area (Å²) >= 11 is 0. The zero-order valence-corrected chi connectivity index (χ0v) is 14.6. The predicted octanol–water partition coefficient (Wildman–Crippen LogP) is 4.47. The van der Waals surface area contributed by atoms with E-state index in [9.17, 15) is 5.11 Å². The molecular formula is C22H30O4. The minimum atomic E-state index is -3.21. The van der Waals surface area contributed by atoms with Crippen LogP contribution in [0.2, 0.25) is 0 Å². The van der Waals surface area contributed by atoms with E-state index < -0.39 is 68.2 Å². The minimum Gasteiger partial charge on any atom is -0.493 e. The Bertz CT molecular complexity index is 1210. The molecule has 142 valence electrons. The number of ether oxygens (including phenoxy) is 3. The molecule has 4 nitrogen and oxygen atoms in total. The van der Waals surface area contributed by atoms with Crippen molar-refractivity contribution < 1.29 is 38.5 Å². The molecule has 1 unspecified atom stereocenters. The van der Waals surface area contributed by atoms with E-state index in [2.05, 4.69) is 4.74 Å². The molecule has 0 fully saturated rings. The summed E-state index contributed by atoms with van der Waals surface area (Å²) in [7, 11) is -6.39. The molecule has 0 amide bonds. The van der Waals surface area contributed by atoms with Gasteiger partial charge < -0.3 is 19.3 Å². The lowest BCUT2D eigenvalue weighted by Crippen LogP contribution is -2.17. The highest BCUT2D eigenvalue weighted by atomic mass is 16.5. The second kappa shape index (κ2) is 10.1. The van der Waals surface area contributed by atoms with Crippen molar-refractivity contribution in [3.63, 3.8) is 0 Å². The zero-order chi connectivity index (χ0) is 31.0. The smallest absolute Gasteiger partial charge is 0.160 e. The van der Waals surface area contributed by atoms with E-state index in [-0.39, 0.29) is 43.3 Å². The number of aliphatic hydroxyl groups is 1. The molecular weight excluding hydrogens is 328 g/mol. The van der Waals surface area contributed by atoms with Gasteiger partial charge in [-0.1, -0.05) is 18.5 Å². The fourth-order valence-electron chi connectivity index (χ4n) is 2.04. The normalized spacial score (nSPS) is 21.2. The number of hydrogen-bond donors (Lipinski definition) is 1. The molecule has 2 rings (SSSR count). The molecule has 0 bridgehead atoms. The van der Waals surface area contributed by atoms with Crippen LogP contribution in [0.4, 0.5) is 0 Å². The van der Waals surface area contributed by atoms with Gasteiger partial charge in [-0.3, -0.25) is 0 Å². The monoisotopic (exact) mass is 372 g/mol. The van der Waals surface area contributed by atoms with E-state index in [1.54, 1.807) is 13.8 Å². The van der Waals surface area contributed by atoms with Gasteiger partial charge in [-0.15, -0.1) is 0 Å². The molecule has 0 saturated heterocycles. The maximum Gasteiger partial charge on any atom is 0.160 e. The molecule has 1 atom stereocenters. The lowest BCUT2D eigenvalue weighted by Gasteiger charge is -2.13. The predicted molar refractivity (Wildman–Crippen MR) is 105 cm³/mol.